The summed E-state index contributed by atoms with van der Waals surface area (Å²) in [5.74, 6) is 0. The van der Waals surface area contributed by atoms with Crippen molar-refractivity contribution >= 4 is 11.4 Å². The lowest BCUT2D eigenvalue weighted by Gasteiger charge is -2.14. The zero-order valence-corrected chi connectivity index (χ0v) is 13.3. The molecule has 1 aromatic heterocycles. The van der Waals surface area contributed by atoms with Gasteiger partial charge in [0.1, 0.15) is 0 Å². The topological polar surface area (TPSA) is 37.0 Å². The molecule has 22 heavy (non-hydrogen) atoms. The molecule has 2 rings (SSSR count). The number of hydrogen-bond donors (Lipinski definition) is 2. The second kappa shape index (κ2) is 7.46. The monoisotopic (exact) mass is 293 g/mol. The van der Waals surface area contributed by atoms with E-state index in [4.69, 9.17) is 0 Å². The van der Waals surface area contributed by atoms with Crippen molar-refractivity contribution in [3.8, 4) is 0 Å². The van der Waals surface area contributed by atoms with Crippen molar-refractivity contribution in [2.45, 2.75) is 26.8 Å². The van der Waals surface area contributed by atoms with Gasteiger partial charge in [-0.15, -0.1) is 0 Å². The number of nitrogens with zero attached hydrogens (tertiary/aromatic N) is 1. The summed E-state index contributed by atoms with van der Waals surface area (Å²) in [6.07, 6.45) is 4.46. The van der Waals surface area contributed by atoms with Gasteiger partial charge in [-0.1, -0.05) is 32.2 Å². The number of allylic oxidation sites excluding steroid dienone is 1. The van der Waals surface area contributed by atoms with Crippen LogP contribution in [0.4, 0.5) is 5.69 Å². The van der Waals surface area contributed by atoms with Crippen LogP contribution in [0.5, 0.6) is 0 Å². The Morgan fingerprint density at radius 1 is 1.14 bits per heavy atom. The summed E-state index contributed by atoms with van der Waals surface area (Å²) >= 11 is 0. The third-order valence-electron chi connectivity index (χ3n) is 3.57. The lowest BCUT2D eigenvalue weighted by atomic mass is 10.1. The number of pyridine rings is 1. The van der Waals surface area contributed by atoms with E-state index < -0.39 is 0 Å². The van der Waals surface area contributed by atoms with E-state index >= 15 is 0 Å². The molecule has 1 heterocycles. The highest BCUT2D eigenvalue weighted by atomic mass is 14.9. The quantitative estimate of drug-likeness (QED) is 0.790. The van der Waals surface area contributed by atoms with Crippen LogP contribution in [0.1, 0.15) is 30.0 Å². The predicted octanol–water partition coefficient (Wildman–Crippen LogP) is 4.49. The van der Waals surface area contributed by atoms with E-state index in [1.54, 1.807) is 12.4 Å². The standard InChI is InChI=1S/C19H23N3/c1-5-15(3)22-19-12-17(7-6-14(19)2)13-21-16(4)18-8-10-20-11-9-18/h6-12,21-22H,3-5,13H2,1-2H3. The molecule has 114 valence electrons. The Morgan fingerprint density at radius 2 is 1.86 bits per heavy atom. The molecule has 0 unspecified atom stereocenters. The van der Waals surface area contributed by atoms with Gasteiger partial charge in [-0.2, -0.15) is 0 Å². The van der Waals surface area contributed by atoms with Gasteiger partial charge >= 0.3 is 0 Å². The molecule has 0 saturated carbocycles. The van der Waals surface area contributed by atoms with Crippen molar-refractivity contribution in [1.82, 2.24) is 10.3 Å². The summed E-state index contributed by atoms with van der Waals surface area (Å²) in [7, 11) is 0. The first-order valence-corrected chi connectivity index (χ1v) is 7.47. The van der Waals surface area contributed by atoms with Crippen LogP contribution in [-0.4, -0.2) is 4.98 Å². The minimum Gasteiger partial charge on any atom is -0.381 e. The molecule has 2 aromatic rings. The van der Waals surface area contributed by atoms with Gasteiger partial charge in [0.15, 0.2) is 0 Å². The van der Waals surface area contributed by atoms with Gasteiger partial charge in [0, 0.05) is 41.6 Å². The summed E-state index contributed by atoms with van der Waals surface area (Å²) in [6, 6.07) is 10.3. The third kappa shape index (κ3) is 4.22. The molecule has 1 aromatic carbocycles. The van der Waals surface area contributed by atoms with E-state index in [2.05, 4.69) is 60.8 Å². The zero-order chi connectivity index (χ0) is 15.9. The maximum absolute atomic E-state index is 4.07. The molecular formula is C19H23N3. The van der Waals surface area contributed by atoms with Crippen LogP contribution in [0.15, 0.2) is 61.6 Å². The van der Waals surface area contributed by atoms with Crippen molar-refractivity contribution in [2.24, 2.45) is 0 Å². The third-order valence-corrected chi connectivity index (χ3v) is 3.57. The highest BCUT2D eigenvalue weighted by Gasteiger charge is 2.03. The molecule has 3 nitrogen and oxygen atoms in total. The number of aryl methyl sites for hydroxylation is 1. The lowest BCUT2D eigenvalue weighted by Crippen LogP contribution is -2.11. The first-order valence-electron chi connectivity index (χ1n) is 7.47. The maximum atomic E-state index is 4.07. The Morgan fingerprint density at radius 3 is 2.55 bits per heavy atom. The summed E-state index contributed by atoms with van der Waals surface area (Å²) in [5, 5.41) is 6.72. The Kier molecular flexibility index (Phi) is 5.37. The Balaban J connectivity index is 2.02. The van der Waals surface area contributed by atoms with Crippen LogP contribution in [0.2, 0.25) is 0 Å². The first kappa shape index (κ1) is 15.8. The second-order valence-electron chi connectivity index (χ2n) is 5.30. The van der Waals surface area contributed by atoms with Crippen molar-refractivity contribution in [3.63, 3.8) is 0 Å². The Bertz CT molecular complexity index is 660. The number of anilines is 1. The van der Waals surface area contributed by atoms with E-state index in [1.165, 1.54) is 11.1 Å². The van der Waals surface area contributed by atoms with E-state index in [9.17, 15) is 0 Å². The van der Waals surface area contributed by atoms with Gasteiger partial charge in [-0.05, 0) is 42.7 Å². The molecule has 0 atom stereocenters. The molecular weight excluding hydrogens is 270 g/mol. The maximum Gasteiger partial charge on any atom is 0.0414 e. The lowest BCUT2D eigenvalue weighted by molar-refractivity contribution is 0.891. The molecule has 0 saturated heterocycles. The molecule has 0 bridgehead atoms. The van der Waals surface area contributed by atoms with Gasteiger partial charge < -0.3 is 10.6 Å². The second-order valence-corrected chi connectivity index (χ2v) is 5.30. The van der Waals surface area contributed by atoms with Crippen molar-refractivity contribution in [1.29, 1.82) is 0 Å². The predicted molar refractivity (Wildman–Crippen MR) is 94.3 cm³/mol. The summed E-state index contributed by atoms with van der Waals surface area (Å²) in [4.78, 5) is 4.02. The summed E-state index contributed by atoms with van der Waals surface area (Å²) < 4.78 is 0. The van der Waals surface area contributed by atoms with Crippen molar-refractivity contribution in [3.05, 3.63) is 78.3 Å². The van der Waals surface area contributed by atoms with E-state index in [1.807, 2.05) is 12.1 Å². The fraction of sp³-hybridized carbons (Fsp3) is 0.211. The molecule has 0 fully saturated rings. The number of aromatic nitrogens is 1. The molecule has 0 aliphatic carbocycles. The van der Waals surface area contributed by atoms with Crippen LogP contribution in [-0.2, 0) is 6.54 Å². The average molecular weight is 293 g/mol. The zero-order valence-electron chi connectivity index (χ0n) is 13.3. The van der Waals surface area contributed by atoms with Gasteiger partial charge in [0.25, 0.3) is 0 Å². The minimum atomic E-state index is 0.731. The van der Waals surface area contributed by atoms with Gasteiger partial charge in [0.05, 0.1) is 0 Å². The molecule has 3 heteroatoms. The molecule has 0 amide bonds. The first-order chi connectivity index (χ1) is 10.6. The van der Waals surface area contributed by atoms with Gasteiger partial charge in [0.2, 0.25) is 0 Å². The summed E-state index contributed by atoms with van der Waals surface area (Å²) in [5.41, 5.74) is 6.50. The molecule has 0 aliphatic heterocycles. The van der Waals surface area contributed by atoms with E-state index in [-0.39, 0.29) is 0 Å². The smallest absolute Gasteiger partial charge is 0.0414 e. The minimum absolute atomic E-state index is 0.731. The van der Waals surface area contributed by atoms with E-state index in [0.29, 0.717) is 0 Å². The molecule has 0 radical (unpaired) electrons. The van der Waals surface area contributed by atoms with Gasteiger partial charge in [-0.25, -0.2) is 0 Å². The van der Waals surface area contributed by atoms with Gasteiger partial charge in [-0.3, -0.25) is 4.98 Å². The molecule has 2 N–H and O–H groups in total. The highest BCUT2D eigenvalue weighted by Crippen LogP contribution is 2.19. The number of benzene rings is 1. The SMILES string of the molecule is C=C(CC)Nc1cc(CNC(=C)c2ccncc2)ccc1C. The van der Waals surface area contributed by atoms with Crippen molar-refractivity contribution < 1.29 is 0 Å². The number of rotatable bonds is 7. The Hall–Kier alpha value is -2.55. The van der Waals surface area contributed by atoms with Crippen LogP contribution in [0, 0.1) is 6.92 Å². The highest BCUT2D eigenvalue weighted by molar-refractivity contribution is 5.61. The van der Waals surface area contributed by atoms with Crippen LogP contribution < -0.4 is 10.6 Å². The van der Waals surface area contributed by atoms with Crippen molar-refractivity contribution in [2.75, 3.05) is 5.32 Å². The fourth-order valence-corrected chi connectivity index (χ4v) is 2.06. The number of nitrogens with one attached hydrogen (secondary N) is 2. The van der Waals surface area contributed by atoms with Crippen LogP contribution in [0.3, 0.4) is 0 Å². The fourth-order valence-electron chi connectivity index (χ4n) is 2.06. The molecule has 0 spiro atoms. The Labute approximate surface area is 132 Å². The normalized spacial score (nSPS) is 10.1. The largest absolute Gasteiger partial charge is 0.381 e. The van der Waals surface area contributed by atoms with Crippen LogP contribution >= 0.6 is 0 Å². The molecule has 0 aliphatic rings. The van der Waals surface area contributed by atoms with Crippen LogP contribution in [0.25, 0.3) is 5.70 Å². The average Bonchev–Trinajstić information content (AvgIpc) is 2.55. The van der Waals surface area contributed by atoms with E-state index in [0.717, 1.165) is 35.6 Å². The summed E-state index contributed by atoms with van der Waals surface area (Å²) in [6.45, 7) is 13.0. The number of hydrogen-bond acceptors (Lipinski definition) is 3.